The standard InChI is InChI=1S/C11H6F3NO5S/c12-11(13,14)21(18,19)20-9-5-7(10(16)17)6-3-1-2-4-8(6)15-9/h1-5H,(H,16,17)/p-1. The maximum Gasteiger partial charge on any atom is 0.534 e. The summed E-state index contributed by atoms with van der Waals surface area (Å²) in [6.07, 6.45) is 0. The zero-order valence-electron chi connectivity index (χ0n) is 9.92. The molecule has 0 spiro atoms. The molecule has 2 rings (SSSR count). The Hall–Kier alpha value is -2.36. The van der Waals surface area contributed by atoms with Crippen LogP contribution in [0.5, 0.6) is 5.88 Å². The number of pyridine rings is 1. The predicted octanol–water partition coefficient (Wildman–Crippen LogP) is 0.827. The summed E-state index contributed by atoms with van der Waals surface area (Å²) in [5.74, 6) is -2.71. The third kappa shape index (κ3) is 2.89. The first kappa shape index (κ1) is 15.0. The maximum absolute atomic E-state index is 12.2. The normalized spacial score (nSPS) is 12.3. The Morgan fingerprint density at radius 3 is 2.43 bits per heavy atom. The average molecular weight is 320 g/mol. The van der Waals surface area contributed by atoms with Crippen LogP contribution in [-0.4, -0.2) is 24.9 Å². The van der Waals surface area contributed by atoms with Crippen LogP contribution in [0.25, 0.3) is 10.9 Å². The van der Waals surface area contributed by atoms with E-state index in [-0.39, 0.29) is 10.9 Å². The second-order valence-electron chi connectivity index (χ2n) is 3.80. The second kappa shape index (κ2) is 4.88. The fourth-order valence-electron chi connectivity index (χ4n) is 1.52. The van der Waals surface area contributed by atoms with Gasteiger partial charge in [0.1, 0.15) is 0 Å². The Morgan fingerprint density at radius 2 is 1.86 bits per heavy atom. The van der Waals surface area contributed by atoms with E-state index in [1.54, 1.807) is 0 Å². The fraction of sp³-hybridized carbons (Fsp3) is 0.0909. The van der Waals surface area contributed by atoms with E-state index in [0.29, 0.717) is 6.07 Å². The highest BCUT2D eigenvalue weighted by Crippen LogP contribution is 2.28. The number of para-hydroxylation sites is 1. The van der Waals surface area contributed by atoms with Gasteiger partial charge in [0.15, 0.2) is 0 Å². The third-order valence-electron chi connectivity index (χ3n) is 2.39. The Bertz CT molecular complexity index is 816. The number of carboxylic acid groups (broad SMARTS) is 1. The van der Waals surface area contributed by atoms with Crippen molar-refractivity contribution in [2.45, 2.75) is 5.51 Å². The second-order valence-corrected chi connectivity index (χ2v) is 5.33. The highest BCUT2D eigenvalue weighted by molar-refractivity contribution is 7.87. The molecule has 0 radical (unpaired) electrons. The quantitative estimate of drug-likeness (QED) is 0.614. The van der Waals surface area contributed by atoms with Crippen LogP contribution in [0.3, 0.4) is 0 Å². The average Bonchev–Trinajstić information content (AvgIpc) is 2.35. The molecule has 0 atom stereocenters. The van der Waals surface area contributed by atoms with Gasteiger partial charge in [0.25, 0.3) is 0 Å². The number of carbonyl (C=O) groups is 1. The number of carboxylic acids is 1. The SMILES string of the molecule is O=C([O-])c1cc(OS(=O)(=O)C(F)(F)F)nc2ccccc12. The molecule has 0 bridgehead atoms. The molecular weight excluding hydrogens is 315 g/mol. The highest BCUT2D eigenvalue weighted by atomic mass is 32.2. The lowest BCUT2D eigenvalue weighted by Crippen LogP contribution is -2.29. The lowest BCUT2D eigenvalue weighted by atomic mass is 10.1. The van der Waals surface area contributed by atoms with Gasteiger partial charge in [-0.3, -0.25) is 0 Å². The molecule has 0 aliphatic carbocycles. The van der Waals surface area contributed by atoms with Gasteiger partial charge in [-0.1, -0.05) is 18.2 Å². The Morgan fingerprint density at radius 1 is 1.24 bits per heavy atom. The van der Waals surface area contributed by atoms with Crippen LogP contribution in [0.2, 0.25) is 0 Å². The predicted molar refractivity (Wildman–Crippen MR) is 61.7 cm³/mol. The number of aromatic nitrogens is 1. The smallest absolute Gasteiger partial charge is 0.534 e. The minimum atomic E-state index is -5.94. The van der Waals surface area contributed by atoms with E-state index in [2.05, 4.69) is 9.17 Å². The minimum Gasteiger partial charge on any atom is -0.545 e. The van der Waals surface area contributed by atoms with Crippen LogP contribution in [0.1, 0.15) is 10.4 Å². The van der Waals surface area contributed by atoms with Crippen LogP contribution in [0, 0.1) is 0 Å². The topological polar surface area (TPSA) is 96.4 Å². The summed E-state index contributed by atoms with van der Waals surface area (Å²) in [5, 5.41) is 11.0. The fourth-order valence-corrected chi connectivity index (χ4v) is 1.93. The molecule has 0 amide bonds. The number of rotatable bonds is 3. The van der Waals surface area contributed by atoms with E-state index in [1.807, 2.05) is 0 Å². The molecule has 0 saturated heterocycles. The van der Waals surface area contributed by atoms with Gasteiger partial charge in [0.2, 0.25) is 5.88 Å². The molecule has 0 saturated carbocycles. The number of carbonyl (C=O) groups excluding carboxylic acids is 1. The van der Waals surface area contributed by atoms with E-state index in [4.69, 9.17) is 0 Å². The van der Waals surface area contributed by atoms with Crippen molar-refractivity contribution in [2.24, 2.45) is 0 Å². The van der Waals surface area contributed by atoms with Crippen molar-refractivity contribution in [2.75, 3.05) is 0 Å². The summed E-state index contributed by atoms with van der Waals surface area (Å²) < 4.78 is 62.3. The first-order valence-electron chi connectivity index (χ1n) is 5.24. The first-order chi connectivity index (χ1) is 9.62. The number of nitrogens with zero attached hydrogens (tertiary/aromatic N) is 1. The van der Waals surface area contributed by atoms with Crippen molar-refractivity contribution in [3.8, 4) is 5.88 Å². The summed E-state index contributed by atoms with van der Waals surface area (Å²) in [5.41, 5.74) is -6.23. The first-order valence-corrected chi connectivity index (χ1v) is 6.64. The zero-order chi connectivity index (χ0) is 15.8. The molecule has 2 aromatic rings. The molecule has 10 heteroatoms. The number of hydrogen-bond donors (Lipinski definition) is 0. The van der Waals surface area contributed by atoms with Crippen molar-refractivity contribution < 1.29 is 35.7 Å². The summed E-state index contributed by atoms with van der Waals surface area (Å²) in [4.78, 5) is 14.5. The van der Waals surface area contributed by atoms with Crippen LogP contribution < -0.4 is 9.29 Å². The van der Waals surface area contributed by atoms with Crippen molar-refractivity contribution >= 4 is 27.0 Å². The number of fused-ring (bicyclic) bond motifs is 1. The van der Waals surface area contributed by atoms with E-state index < -0.39 is 33.0 Å². The van der Waals surface area contributed by atoms with Gasteiger partial charge in [-0.05, 0) is 6.07 Å². The summed E-state index contributed by atoms with van der Waals surface area (Å²) in [6.45, 7) is 0. The van der Waals surface area contributed by atoms with Crippen LogP contribution in [0.15, 0.2) is 30.3 Å². The molecule has 1 heterocycles. The molecule has 1 aromatic heterocycles. The summed E-state index contributed by atoms with van der Waals surface area (Å²) in [6, 6.07) is 6.10. The van der Waals surface area contributed by atoms with Crippen LogP contribution in [0.4, 0.5) is 13.2 Å². The van der Waals surface area contributed by atoms with Gasteiger partial charge < -0.3 is 14.1 Å². The molecule has 0 aliphatic rings. The van der Waals surface area contributed by atoms with Gasteiger partial charge in [-0.15, -0.1) is 0 Å². The maximum atomic E-state index is 12.2. The van der Waals surface area contributed by atoms with Gasteiger partial charge >= 0.3 is 15.6 Å². The lowest BCUT2D eigenvalue weighted by Gasteiger charge is -2.12. The number of halogens is 3. The van der Waals surface area contributed by atoms with Crippen molar-refractivity contribution in [3.63, 3.8) is 0 Å². The molecule has 0 aliphatic heterocycles. The third-order valence-corrected chi connectivity index (χ3v) is 3.35. The van der Waals surface area contributed by atoms with E-state index in [0.717, 1.165) is 0 Å². The Kier molecular flexibility index (Phi) is 3.49. The van der Waals surface area contributed by atoms with Crippen molar-refractivity contribution in [1.82, 2.24) is 4.98 Å². The number of hydrogen-bond acceptors (Lipinski definition) is 6. The van der Waals surface area contributed by atoms with Gasteiger partial charge in [0.05, 0.1) is 11.5 Å². The number of benzene rings is 1. The summed E-state index contributed by atoms with van der Waals surface area (Å²) in [7, 11) is -5.94. The largest absolute Gasteiger partial charge is 0.545 e. The number of alkyl halides is 3. The molecule has 21 heavy (non-hydrogen) atoms. The van der Waals surface area contributed by atoms with E-state index in [9.17, 15) is 31.5 Å². The molecule has 1 aromatic carbocycles. The lowest BCUT2D eigenvalue weighted by molar-refractivity contribution is -0.254. The zero-order valence-corrected chi connectivity index (χ0v) is 10.7. The molecule has 0 unspecified atom stereocenters. The van der Waals surface area contributed by atoms with Crippen LogP contribution >= 0.6 is 0 Å². The summed E-state index contributed by atoms with van der Waals surface area (Å²) >= 11 is 0. The molecule has 0 fully saturated rings. The van der Waals surface area contributed by atoms with Crippen LogP contribution in [-0.2, 0) is 10.1 Å². The monoisotopic (exact) mass is 320 g/mol. The number of aromatic carboxylic acids is 1. The van der Waals surface area contributed by atoms with E-state index in [1.165, 1.54) is 24.3 Å². The van der Waals surface area contributed by atoms with E-state index >= 15 is 0 Å². The molecule has 0 N–H and O–H groups in total. The van der Waals surface area contributed by atoms with Gasteiger partial charge in [-0.25, -0.2) is 4.98 Å². The van der Waals surface area contributed by atoms with Gasteiger partial charge in [-0.2, -0.15) is 21.6 Å². The Labute approximate surface area is 115 Å². The molecule has 6 nitrogen and oxygen atoms in total. The minimum absolute atomic E-state index is 0.0495. The van der Waals surface area contributed by atoms with Gasteiger partial charge in [0, 0.05) is 17.0 Å². The molecular formula is C11H5F3NO5S-. The highest BCUT2D eigenvalue weighted by Gasteiger charge is 2.48. The van der Waals surface area contributed by atoms with Crippen molar-refractivity contribution in [1.29, 1.82) is 0 Å². The Balaban J connectivity index is 2.59. The van der Waals surface area contributed by atoms with Crippen molar-refractivity contribution in [3.05, 3.63) is 35.9 Å². The molecule has 112 valence electrons.